The lowest BCUT2D eigenvalue weighted by molar-refractivity contribution is 1.00. The van der Waals surface area contributed by atoms with Gasteiger partial charge in [0.05, 0.1) is 0 Å². The lowest BCUT2D eigenvalue weighted by Crippen LogP contribution is -2.35. The first-order valence-corrected chi connectivity index (χ1v) is 3.47. The summed E-state index contributed by atoms with van der Waals surface area (Å²) in [6, 6.07) is 0. The number of rotatable bonds is 4. The fourth-order valence-corrected chi connectivity index (χ4v) is 0.547. The van der Waals surface area contributed by atoms with Gasteiger partial charge in [-0.15, -0.1) is 0 Å². The molecule has 0 bridgehead atoms. The zero-order valence-corrected chi connectivity index (χ0v) is 6.46. The molecule has 0 aliphatic carbocycles. The number of nitrogens with two attached hydrogens (primary N) is 1. The van der Waals surface area contributed by atoms with Gasteiger partial charge in [0.1, 0.15) is 6.60 Å². The van der Waals surface area contributed by atoms with Crippen LogP contribution in [0.5, 0.6) is 0 Å². The van der Waals surface area contributed by atoms with Crippen molar-refractivity contribution in [1.82, 2.24) is 0 Å². The van der Waals surface area contributed by atoms with Crippen LogP contribution in [0.4, 0.5) is 0 Å². The average molecular weight is 133 g/mol. The van der Waals surface area contributed by atoms with E-state index in [1.54, 1.807) is 6.08 Å². The van der Waals surface area contributed by atoms with Crippen molar-refractivity contribution in [1.29, 1.82) is 0 Å². The monoisotopic (exact) mass is 133 g/mol. The summed E-state index contributed by atoms with van der Waals surface area (Å²) in [5, 5.41) is 0. The highest BCUT2D eigenvalue weighted by atomic mass is 14.6. The molecule has 0 aromatic rings. The maximum absolute atomic E-state index is 5.65. The molecular weight excluding hydrogens is 120 g/mol. The van der Waals surface area contributed by atoms with E-state index in [9.17, 15) is 0 Å². The molecule has 0 fully saturated rings. The van der Waals surface area contributed by atoms with Gasteiger partial charge in [-0.25, -0.2) is 0 Å². The molecule has 2 N–H and O–H groups in total. The molecule has 1 atom stereocenters. The van der Waals surface area contributed by atoms with Crippen molar-refractivity contribution in [3.63, 3.8) is 0 Å². The molecule has 0 spiro atoms. The van der Waals surface area contributed by atoms with E-state index in [4.69, 9.17) is 13.5 Å². The van der Waals surface area contributed by atoms with Gasteiger partial charge in [-0.05, 0) is 5.94 Å². The van der Waals surface area contributed by atoms with Gasteiger partial charge < -0.3 is 5.73 Å². The van der Waals surface area contributed by atoms with Crippen LogP contribution in [0.25, 0.3) is 0 Å². The molecule has 0 heterocycles. The van der Waals surface area contributed by atoms with Gasteiger partial charge in [-0.3, -0.25) is 0 Å². The van der Waals surface area contributed by atoms with E-state index in [2.05, 4.69) is 6.58 Å². The van der Waals surface area contributed by atoms with E-state index in [1.807, 2.05) is 19.1 Å². The minimum Gasteiger partial charge on any atom is -0.336 e. The first kappa shape index (κ1) is 9.57. The van der Waals surface area contributed by atoms with Crippen molar-refractivity contribution < 1.29 is 0 Å². The van der Waals surface area contributed by atoms with Gasteiger partial charge in [-0.1, -0.05) is 38.1 Å². The summed E-state index contributed by atoms with van der Waals surface area (Å²) in [6.07, 6.45) is 6.40. The third kappa shape index (κ3) is 4.45. The van der Waals surface area contributed by atoms with E-state index in [0.717, 1.165) is 6.32 Å². The molecule has 0 saturated heterocycles. The Labute approximate surface area is 64.8 Å². The predicted octanol–water partition coefficient (Wildman–Crippen LogP) is 0.775. The molecule has 0 saturated carbocycles. The summed E-state index contributed by atoms with van der Waals surface area (Å²) in [4.78, 5) is 0. The fraction of sp³-hybridized carbons (Fsp3) is 0.429. The van der Waals surface area contributed by atoms with Crippen LogP contribution in [0.2, 0.25) is 6.32 Å². The van der Waals surface area contributed by atoms with Gasteiger partial charge in [0.25, 0.3) is 0 Å². The Morgan fingerprint density at radius 3 is 2.80 bits per heavy atom. The van der Waals surface area contributed by atoms with Crippen molar-refractivity contribution in [3.05, 3.63) is 24.8 Å². The third-order valence-electron chi connectivity index (χ3n) is 1.36. The molecule has 0 aliphatic heterocycles. The second kappa shape index (κ2) is 5.36. The topological polar surface area (TPSA) is 26.0 Å². The molecule has 0 amide bonds. The van der Waals surface area contributed by atoms with Gasteiger partial charge >= 0.3 is 0 Å². The van der Waals surface area contributed by atoms with Crippen LogP contribution < -0.4 is 5.73 Å². The van der Waals surface area contributed by atoms with E-state index < -0.39 is 0 Å². The largest absolute Gasteiger partial charge is 0.336 e. The van der Waals surface area contributed by atoms with Gasteiger partial charge in [0.15, 0.2) is 0 Å². The summed E-state index contributed by atoms with van der Waals surface area (Å²) in [6.45, 7) is 5.52. The van der Waals surface area contributed by atoms with Crippen molar-refractivity contribution in [3.8, 4) is 0 Å². The normalized spacial score (nSPS) is 13.4. The Bertz CT molecular complexity index is 121. The minimum absolute atomic E-state index is 0.0643. The lowest BCUT2D eigenvalue weighted by Gasteiger charge is -2.08. The van der Waals surface area contributed by atoms with Crippen LogP contribution in [0.3, 0.4) is 0 Å². The second-order valence-corrected chi connectivity index (χ2v) is 2.42. The zero-order valence-electron chi connectivity index (χ0n) is 6.46. The fourth-order valence-electron chi connectivity index (χ4n) is 0.547. The van der Waals surface area contributed by atoms with Crippen LogP contribution in [0.1, 0.15) is 6.92 Å². The number of allylic oxidation sites excluding steroid dienone is 3. The highest BCUT2D eigenvalue weighted by molar-refractivity contribution is 7.04. The maximum atomic E-state index is 5.65. The first-order chi connectivity index (χ1) is 4.68. The highest BCUT2D eigenvalue weighted by Gasteiger charge is 2.07. The Balaban J connectivity index is 3.48. The van der Waals surface area contributed by atoms with Crippen LogP contribution in [-0.2, 0) is 0 Å². The molecule has 52 valence electrons. The van der Waals surface area contributed by atoms with E-state index >= 15 is 0 Å². The molecule has 3 heteroatoms. The Morgan fingerprint density at radius 1 is 1.80 bits per heavy atom. The average Bonchev–Trinajstić information content (AvgIpc) is 1.88. The second-order valence-electron chi connectivity index (χ2n) is 2.42. The molecule has 0 aromatic heterocycles. The molecule has 0 aliphatic rings. The third-order valence-corrected chi connectivity index (χ3v) is 1.36. The summed E-state index contributed by atoms with van der Waals surface area (Å²) >= 11 is 0. The maximum Gasteiger partial charge on any atom is 0.115 e. The first-order valence-electron chi connectivity index (χ1n) is 3.47. The Morgan fingerprint density at radius 2 is 2.40 bits per heavy atom. The molecule has 0 aromatic carbocycles. The standard InChI is InChI=1S/C7H13B2N/c1-3-4-5-6-9(8)7(2)10/h3-5,7H,1,6,10H2,2H3. The molecule has 1 nitrogen and oxygen atoms in total. The molecule has 0 rings (SSSR count). The van der Waals surface area contributed by atoms with Crippen LogP contribution in [0, 0.1) is 0 Å². The summed E-state index contributed by atoms with van der Waals surface area (Å²) in [7, 11) is 5.65. The zero-order chi connectivity index (χ0) is 7.98. The number of hydrogen-bond acceptors (Lipinski definition) is 1. The Hall–Kier alpha value is -0.430. The number of hydrogen-bond donors (Lipinski definition) is 1. The van der Waals surface area contributed by atoms with E-state index in [1.165, 1.54) is 0 Å². The van der Waals surface area contributed by atoms with E-state index in [0.29, 0.717) is 0 Å². The molecule has 1 unspecified atom stereocenters. The molecule has 2 radical (unpaired) electrons. The lowest BCUT2D eigenvalue weighted by atomic mass is 9.27. The smallest absolute Gasteiger partial charge is 0.115 e. The summed E-state index contributed by atoms with van der Waals surface area (Å²) < 4.78 is 0. The van der Waals surface area contributed by atoms with Crippen LogP contribution in [-0.4, -0.2) is 20.3 Å². The van der Waals surface area contributed by atoms with Gasteiger partial charge in [0.2, 0.25) is 0 Å². The van der Waals surface area contributed by atoms with Gasteiger partial charge in [0, 0.05) is 7.74 Å². The van der Waals surface area contributed by atoms with Crippen molar-refractivity contribution >= 4 is 14.3 Å². The highest BCUT2D eigenvalue weighted by Crippen LogP contribution is 1.93. The minimum atomic E-state index is 0.0643. The summed E-state index contributed by atoms with van der Waals surface area (Å²) in [5.74, 6) is 0.0643. The predicted molar refractivity (Wildman–Crippen MR) is 49.3 cm³/mol. The van der Waals surface area contributed by atoms with Crippen LogP contribution in [0.15, 0.2) is 24.8 Å². The molecule has 10 heavy (non-hydrogen) atoms. The van der Waals surface area contributed by atoms with Crippen molar-refractivity contribution in [2.45, 2.75) is 19.2 Å². The van der Waals surface area contributed by atoms with Gasteiger partial charge in [-0.2, -0.15) is 0 Å². The van der Waals surface area contributed by atoms with E-state index in [-0.39, 0.29) is 12.5 Å². The van der Waals surface area contributed by atoms with Crippen molar-refractivity contribution in [2.24, 2.45) is 5.73 Å². The SMILES string of the molecule is [B]B(CC=CC=C)C(C)N. The summed E-state index contributed by atoms with van der Waals surface area (Å²) in [5.41, 5.74) is 5.53. The Kier molecular flexibility index (Phi) is 5.13. The molecular formula is C7H13B2N. The van der Waals surface area contributed by atoms with Crippen molar-refractivity contribution in [2.75, 3.05) is 0 Å². The quantitative estimate of drug-likeness (QED) is 0.444. The van der Waals surface area contributed by atoms with Crippen LogP contribution >= 0.6 is 0 Å².